The number of para-hydroxylation sites is 1. The average Bonchev–Trinajstić information content (AvgIpc) is 3.07. The minimum absolute atomic E-state index is 0.0937. The summed E-state index contributed by atoms with van der Waals surface area (Å²) in [5, 5.41) is 0.571. The zero-order valence-electron chi connectivity index (χ0n) is 17.8. The lowest BCUT2D eigenvalue weighted by molar-refractivity contribution is 0.00852. The van der Waals surface area contributed by atoms with Crippen LogP contribution in [0.3, 0.4) is 0 Å². The Hall–Kier alpha value is -3.32. The lowest BCUT2D eigenvalue weighted by Gasteiger charge is -2.23. The van der Waals surface area contributed by atoms with Gasteiger partial charge in [0.25, 0.3) is 17.4 Å². The maximum atomic E-state index is 13.3. The molecule has 3 heterocycles. The van der Waals surface area contributed by atoms with Gasteiger partial charge in [-0.2, -0.15) is 0 Å². The normalized spacial score (nSPS) is 18.4. The molecule has 0 aliphatic carbocycles. The molecule has 7 nitrogen and oxygen atoms in total. The van der Waals surface area contributed by atoms with Crippen molar-refractivity contribution < 1.29 is 14.3 Å². The van der Waals surface area contributed by atoms with Crippen molar-refractivity contribution >= 4 is 22.7 Å². The first-order chi connectivity index (χ1) is 15.6. The van der Waals surface area contributed by atoms with Gasteiger partial charge in [-0.3, -0.25) is 23.9 Å². The van der Waals surface area contributed by atoms with Gasteiger partial charge in [0.2, 0.25) is 0 Å². The summed E-state index contributed by atoms with van der Waals surface area (Å²) in [6, 6.07) is 14.1. The Bertz CT molecular complexity index is 1210. The highest BCUT2D eigenvalue weighted by molar-refractivity contribution is 6.21. The van der Waals surface area contributed by atoms with Crippen LogP contribution in [0.1, 0.15) is 52.2 Å². The van der Waals surface area contributed by atoms with Crippen LogP contribution in [-0.2, 0) is 17.7 Å². The number of aromatic nitrogens is 2. The maximum absolute atomic E-state index is 13.3. The van der Waals surface area contributed by atoms with E-state index in [0.717, 1.165) is 32.3 Å². The molecule has 0 saturated carbocycles. The summed E-state index contributed by atoms with van der Waals surface area (Å²) < 4.78 is 7.53. The van der Waals surface area contributed by atoms with Crippen LogP contribution in [-0.4, -0.2) is 45.5 Å². The summed E-state index contributed by atoms with van der Waals surface area (Å²) >= 11 is 0. The molecule has 0 N–H and O–H groups in total. The van der Waals surface area contributed by atoms with Gasteiger partial charge in [-0.25, -0.2) is 4.98 Å². The van der Waals surface area contributed by atoms with Crippen LogP contribution in [0.5, 0.6) is 0 Å². The summed E-state index contributed by atoms with van der Waals surface area (Å²) in [7, 11) is 0. The number of amides is 2. The number of benzene rings is 2. The molecule has 2 amide bonds. The monoisotopic (exact) mass is 431 g/mol. The third kappa shape index (κ3) is 3.73. The largest absolute Gasteiger partial charge is 0.378 e. The molecule has 1 saturated heterocycles. The van der Waals surface area contributed by atoms with Crippen molar-refractivity contribution in [3.63, 3.8) is 0 Å². The van der Waals surface area contributed by atoms with Crippen molar-refractivity contribution in [2.45, 2.75) is 44.8 Å². The Labute approximate surface area is 185 Å². The first kappa shape index (κ1) is 20.6. The number of carbonyl (C=O) groups is 2. The zero-order chi connectivity index (χ0) is 22.1. The number of rotatable bonds is 6. The molecule has 0 bridgehead atoms. The number of hydrogen-bond acceptors (Lipinski definition) is 5. The highest BCUT2D eigenvalue weighted by atomic mass is 16.5. The Kier molecular flexibility index (Phi) is 5.57. The summed E-state index contributed by atoms with van der Waals surface area (Å²) in [5.74, 6) is -0.00662. The highest BCUT2D eigenvalue weighted by Gasteiger charge is 2.35. The molecular weight excluding hydrogens is 406 g/mol. The molecule has 32 heavy (non-hydrogen) atoms. The van der Waals surface area contributed by atoms with E-state index in [9.17, 15) is 14.4 Å². The van der Waals surface area contributed by atoms with Crippen molar-refractivity contribution in [1.29, 1.82) is 0 Å². The van der Waals surface area contributed by atoms with E-state index in [1.165, 1.54) is 4.90 Å². The molecule has 164 valence electrons. The smallest absolute Gasteiger partial charge is 0.261 e. The topological polar surface area (TPSA) is 81.5 Å². The predicted molar refractivity (Wildman–Crippen MR) is 120 cm³/mol. The van der Waals surface area contributed by atoms with Crippen LogP contribution in [0.15, 0.2) is 53.3 Å². The second-order valence-electron chi connectivity index (χ2n) is 8.34. The number of nitrogens with zero attached hydrogens (tertiary/aromatic N) is 3. The Morgan fingerprint density at radius 3 is 2.34 bits per heavy atom. The van der Waals surface area contributed by atoms with E-state index < -0.39 is 0 Å². The first-order valence-electron chi connectivity index (χ1n) is 11.2. The number of hydrogen-bond donors (Lipinski definition) is 0. The fourth-order valence-electron chi connectivity index (χ4n) is 4.60. The molecular formula is C25H25N3O4. The van der Waals surface area contributed by atoms with Crippen molar-refractivity contribution in [2.24, 2.45) is 0 Å². The van der Waals surface area contributed by atoms with Crippen LogP contribution in [0.2, 0.25) is 0 Å². The van der Waals surface area contributed by atoms with Crippen molar-refractivity contribution in [3.8, 4) is 0 Å². The molecule has 2 aliphatic rings. The van der Waals surface area contributed by atoms with E-state index in [2.05, 4.69) is 0 Å². The van der Waals surface area contributed by atoms with Gasteiger partial charge in [0.15, 0.2) is 0 Å². The van der Waals surface area contributed by atoms with Gasteiger partial charge in [0, 0.05) is 26.1 Å². The summed E-state index contributed by atoms with van der Waals surface area (Å²) in [4.78, 5) is 44.7. The van der Waals surface area contributed by atoms with Gasteiger partial charge in [-0.1, -0.05) is 24.3 Å². The van der Waals surface area contributed by atoms with E-state index in [0.29, 0.717) is 40.8 Å². The first-order valence-corrected chi connectivity index (χ1v) is 11.2. The van der Waals surface area contributed by atoms with Crippen molar-refractivity contribution in [1.82, 2.24) is 14.5 Å². The van der Waals surface area contributed by atoms with Crippen LogP contribution >= 0.6 is 0 Å². The molecule has 5 rings (SSSR count). The van der Waals surface area contributed by atoms with E-state index in [1.54, 1.807) is 34.9 Å². The molecule has 1 fully saturated rings. The van der Waals surface area contributed by atoms with Crippen LogP contribution < -0.4 is 5.56 Å². The standard InChI is InChI=1S/C25H25N3O4/c29-23-18-8-1-2-9-19(18)24(30)28(23)15-13-22-26-21-11-4-3-10-20(21)25(31)27(22)14-12-17-7-5-6-16-32-17/h1-4,8-11,17H,5-7,12-16H2. The molecule has 2 aliphatic heterocycles. The molecule has 1 atom stereocenters. The number of carbonyl (C=O) groups excluding carboxylic acids is 2. The third-order valence-electron chi connectivity index (χ3n) is 6.33. The van der Waals surface area contributed by atoms with Gasteiger partial charge in [-0.15, -0.1) is 0 Å². The average molecular weight is 431 g/mol. The fraction of sp³-hybridized carbons (Fsp3) is 0.360. The number of ether oxygens (including phenoxy) is 1. The Balaban J connectivity index is 1.41. The summed E-state index contributed by atoms with van der Waals surface area (Å²) in [5.41, 5.74) is 1.38. The van der Waals surface area contributed by atoms with Crippen molar-refractivity contribution in [2.75, 3.05) is 13.2 Å². The fourth-order valence-corrected chi connectivity index (χ4v) is 4.60. The highest BCUT2D eigenvalue weighted by Crippen LogP contribution is 2.23. The SMILES string of the molecule is O=C1c2ccccc2C(=O)N1CCc1nc2ccccc2c(=O)n1CCC1CCCCO1. The van der Waals surface area contributed by atoms with Crippen molar-refractivity contribution in [3.05, 3.63) is 75.8 Å². The molecule has 0 radical (unpaired) electrons. The summed E-state index contributed by atoms with van der Waals surface area (Å²) in [6.45, 7) is 1.44. The van der Waals surface area contributed by atoms with Gasteiger partial charge >= 0.3 is 0 Å². The van der Waals surface area contributed by atoms with E-state index in [1.807, 2.05) is 18.2 Å². The summed E-state index contributed by atoms with van der Waals surface area (Å²) in [6.07, 6.45) is 4.42. The van der Waals surface area contributed by atoms with Gasteiger partial charge in [0.1, 0.15) is 5.82 Å². The molecule has 0 spiro atoms. The molecule has 3 aromatic rings. The minimum Gasteiger partial charge on any atom is -0.378 e. The van der Waals surface area contributed by atoms with Crippen LogP contribution in [0.25, 0.3) is 10.9 Å². The van der Waals surface area contributed by atoms with E-state index in [-0.39, 0.29) is 30.0 Å². The number of fused-ring (bicyclic) bond motifs is 2. The third-order valence-corrected chi connectivity index (χ3v) is 6.33. The maximum Gasteiger partial charge on any atom is 0.261 e. The lowest BCUT2D eigenvalue weighted by Crippen LogP contribution is -2.34. The van der Waals surface area contributed by atoms with E-state index in [4.69, 9.17) is 9.72 Å². The molecule has 7 heteroatoms. The number of imide groups is 1. The lowest BCUT2D eigenvalue weighted by atomic mass is 10.1. The second-order valence-corrected chi connectivity index (χ2v) is 8.34. The molecule has 1 unspecified atom stereocenters. The Morgan fingerprint density at radius 1 is 0.906 bits per heavy atom. The van der Waals surface area contributed by atoms with Gasteiger partial charge < -0.3 is 4.74 Å². The molecule has 2 aromatic carbocycles. The van der Waals surface area contributed by atoms with Gasteiger partial charge in [-0.05, 0) is 49.9 Å². The Morgan fingerprint density at radius 2 is 1.62 bits per heavy atom. The predicted octanol–water partition coefficient (Wildman–Crippen LogP) is 3.19. The quantitative estimate of drug-likeness (QED) is 0.560. The second kappa shape index (κ2) is 8.67. The van der Waals surface area contributed by atoms with Gasteiger partial charge in [0.05, 0.1) is 28.1 Å². The van der Waals surface area contributed by atoms with E-state index >= 15 is 0 Å². The van der Waals surface area contributed by atoms with Crippen LogP contribution in [0, 0.1) is 0 Å². The zero-order valence-corrected chi connectivity index (χ0v) is 17.8. The minimum atomic E-state index is -0.295. The van der Waals surface area contributed by atoms with Crippen LogP contribution in [0.4, 0.5) is 0 Å². The molecule has 1 aromatic heterocycles.